The number of amides is 1. The van der Waals surface area contributed by atoms with Crippen LogP contribution in [0.5, 0.6) is 0 Å². The number of benzene rings is 2. The number of anilines is 1. The minimum Gasteiger partial charge on any atom is -0.450 e. The van der Waals surface area contributed by atoms with Gasteiger partial charge >= 0.3 is 0 Å². The van der Waals surface area contributed by atoms with Crippen molar-refractivity contribution in [2.45, 2.75) is 13.0 Å². The highest BCUT2D eigenvalue weighted by molar-refractivity contribution is 6.10. The van der Waals surface area contributed by atoms with Crippen molar-refractivity contribution in [3.05, 3.63) is 105 Å². The zero-order valence-electron chi connectivity index (χ0n) is 15.4. The van der Waals surface area contributed by atoms with Gasteiger partial charge in [0.15, 0.2) is 5.43 Å². The predicted molar refractivity (Wildman–Crippen MR) is 107 cm³/mol. The maximum Gasteiger partial charge on any atom is 0.296 e. The normalized spacial score (nSPS) is 15.7. The third-order valence-electron chi connectivity index (χ3n) is 5.09. The summed E-state index contributed by atoms with van der Waals surface area (Å²) < 4.78 is 19.9. The smallest absolute Gasteiger partial charge is 0.296 e. The summed E-state index contributed by atoms with van der Waals surface area (Å²) in [6.45, 7) is 1.88. The topological polar surface area (TPSA) is 63.4 Å². The van der Waals surface area contributed by atoms with Crippen molar-refractivity contribution < 1.29 is 13.6 Å². The number of carbonyl (C=O) groups is 1. The van der Waals surface area contributed by atoms with Gasteiger partial charge in [0, 0.05) is 6.20 Å². The number of hydrogen-bond acceptors (Lipinski definition) is 4. The molecule has 0 N–H and O–H groups in total. The van der Waals surface area contributed by atoms with Crippen LogP contribution in [0, 0.1) is 12.7 Å². The molecular formula is C23H15FN2O3. The molecule has 0 saturated heterocycles. The zero-order valence-corrected chi connectivity index (χ0v) is 15.4. The summed E-state index contributed by atoms with van der Waals surface area (Å²) in [6.07, 6.45) is 1.56. The predicted octanol–water partition coefficient (Wildman–Crippen LogP) is 4.39. The summed E-state index contributed by atoms with van der Waals surface area (Å²) in [6, 6.07) is 15.4. The molecular weight excluding hydrogens is 371 g/mol. The summed E-state index contributed by atoms with van der Waals surface area (Å²) in [5.41, 5.74) is 1.61. The van der Waals surface area contributed by atoms with Crippen LogP contribution in [-0.2, 0) is 0 Å². The van der Waals surface area contributed by atoms with E-state index in [4.69, 9.17) is 4.42 Å². The molecule has 1 atom stereocenters. The van der Waals surface area contributed by atoms with Crippen molar-refractivity contribution in [3.63, 3.8) is 0 Å². The van der Waals surface area contributed by atoms with Gasteiger partial charge in [-0.15, -0.1) is 0 Å². The average molecular weight is 386 g/mol. The molecule has 4 aromatic rings. The molecule has 1 aliphatic rings. The van der Waals surface area contributed by atoms with Crippen LogP contribution in [0.15, 0.2) is 76.1 Å². The van der Waals surface area contributed by atoms with E-state index in [1.807, 2.05) is 13.0 Å². The highest BCUT2D eigenvalue weighted by Gasteiger charge is 2.44. The van der Waals surface area contributed by atoms with E-state index in [2.05, 4.69) is 4.98 Å². The van der Waals surface area contributed by atoms with E-state index >= 15 is 0 Å². The Kier molecular flexibility index (Phi) is 3.81. The van der Waals surface area contributed by atoms with Gasteiger partial charge in [-0.1, -0.05) is 29.8 Å². The van der Waals surface area contributed by atoms with Gasteiger partial charge in [-0.05, 0) is 48.9 Å². The first-order valence-corrected chi connectivity index (χ1v) is 9.12. The van der Waals surface area contributed by atoms with Gasteiger partial charge in [-0.25, -0.2) is 9.37 Å². The summed E-state index contributed by atoms with van der Waals surface area (Å²) in [7, 11) is 0. The minimum atomic E-state index is -0.829. The zero-order chi connectivity index (χ0) is 20.1. The van der Waals surface area contributed by atoms with Gasteiger partial charge in [0.2, 0.25) is 5.76 Å². The first-order chi connectivity index (χ1) is 14.0. The fourth-order valence-electron chi connectivity index (χ4n) is 3.81. The molecule has 0 bridgehead atoms. The number of rotatable bonds is 2. The van der Waals surface area contributed by atoms with E-state index in [1.54, 1.807) is 48.7 Å². The molecule has 0 aliphatic carbocycles. The molecule has 2 aromatic carbocycles. The monoisotopic (exact) mass is 386 g/mol. The summed E-state index contributed by atoms with van der Waals surface area (Å²) in [4.78, 5) is 32.4. The Balaban J connectivity index is 1.84. The third kappa shape index (κ3) is 2.64. The van der Waals surface area contributed by atoms with E-state index in [0.717, 1.165) is 5.56 Å². The van der Waals surface area contributed by atoms with Crippen LogP contribution in [0.1, 0.15) is 33.3 Å². The second-order valence-electron chi connectivity index (χ2n) is 6.99. The van der Waals surface area contributed by atoms with Crippen molar-refractivity contribution in [1.82, 2.24) is 4.98 Å². The van der Waals surface area contributed by atoms with Crippen molar-refractivity contribution in [3.8, 4) is 0 Å². The van der Waals surface area contributed by atoms with Crippen LogP contribution in [0.4, 0.5) is 10.2 Å². The highest BCUT2D eigenvalue weighted by atomic mass is 19.1. The van der Waals surface area contributed by atoms with E-state index < -0.39 is 17.8 Å². The number of aryl methyl sites for hydroxylation is 1. The fraction of sp³-hybridized carbons (Fsp3) is 0.0870. The quantitative estimate of drug-likeness (QED) is 0.513. The van der Waals surface area contributed by atoms with Crippen LogP contribution in [0.3, 0.4) is 0 Å². The number of aromatic nitrogens is 1. The Morgan fingerprint density at radius 3 is 2.66 bits per heavy atom. The second-order valence-corrected chi connectivity index (χ2v) is 6.99. The van der Waals surface area contributed by atoms with E-state index in [-0.39, 0.29) is 16.8 Å². The SMILES string of the molecule is Cc1ccc2oc3c(c(=O)c2c1)C(c1cccc(F)c1)N(c1ccccn1)C3=O. The molecule has 1 aliphatic heterocycles. The maximum atomic E-state index is 14.0. The number of fused-ring (bicyclic) bond motifs is 2. The fourth-order valence-corrected chi connectivity index (χ4v) is 3.81. The molecule has 2 aromatic heterocycles. The molecule has 0 fully saturated rings. The van der Waals surface area contributed by atoms with E-state index in [9.17, 15) is 14.0 Å². The maximum absolute atomic E-state index is 14.0. The van der Waals surface area contributed by atoms with E-state index in [0.29, 0.717) is 22.4 Å². The molecule has 5 nitrogen and oxygen atoms in total. The van der Waals surface area contributed by atoms with Gasteiger partial charge < -0.3 is 4.42 Å². The largest absolute Gasteiger partial charge is 0.450 e. The van der Waals surface area contributed by atoms with Crippen LogP contribution in [0.25, 0.3) is 11.0 Å². The molecule has 0 spiro atoms. The minimum absolute atomic E-state index is 0.0359. The molecule has 1 unspecified atom stereocenters. The number of pyridine rings is 1. The number of hydrogen-bond donors (Lipinski definition) is 0. The molecule has 1 amide bonds. The van der Waals surface area contributed by atoms with Gasteiger partial charge in [-0.3, -0.25) is 14.5 Å². The van der Waals surface area contributed by atoms with Crippen LogP contribution >= 0.6 is 0 Å². The molecule has 6 heteroatoms. The summed E-state index contributed by atoms with van der Waals surface area (Å²) in [5.74, 6) is -0.609. The molecule has 0 radical (unpaired) electrons. The van der Waals surface area contributed by atoms with Crippen molar-refractivity contribution in [1.29, 1.82) is 0 Å². The molecule has 142 valence electrons. The van der Waals surface area contributed by atoms with Crippen LogP contribution in [-0.4, -0.2) is 10.9 Å². The first-order valence-electron chi connectivity index (χ1n) is 9.12. The lowest BCUT2D eigenvalue weighted by Crippen LogP contribution is -2.30. The van der Waals surface area contributed by atoms with Gasteiger partial charge in [0.25, 0.3) is 5.91 Å². The number of halogens is 1. The second kappa shape index (κ2) is 6.38. The average Bonchev–Trinajstić information content (AvgIpc) is 3.02. The number of nitrogens with zero attached hydrogens (tertiary/aromatic N) is 2. The van der Waals surface area contributed by atoms with Crippen molar-refractivity contribution in [2.75, 3.05) is 4.90 Å². The number of carbonyl (C=O) groups excluding carboxylic acids is 1. The van der Waals surface area contributed by atoms with Gasteiger partial charge in [-0.2, -0.15) is 0 Å². The Labute approximate surface area is 165 Å². The van der Waals surface area contributed by atoms with Crippen LogP contribution in [0.2, 0.25) is 0 Å². The van der Waals surface area contributed by atoms with E-state index in [1.165, 1.54) is 17.0 Å². The van der Waals surface area contributed by atoms with Crippen LogP contribution < -0.4 is 10.3 Å². The molecule has 3 heterocycles. The Bertz CT molecular complexity index is 1330. The van der Waals surface area contributed by atoms with Gasteiger partial charge in [0.1, 0.15) is 17.2 Å². The van der Waals surface area contributed by atoms with Crippen molar-refractivity contribution >= 4 is 22.7 Å². The Hall–Kier alpha value is -3.80. The summed E-state index contributed by atoms with van der Waals surface area (Å²) >= 11 is 0. The lowest BCUT2D eigenvalue weighted by molar-refractivity contribution is 0.0970. The standard InChI is InChI=1S/C23H15FN2O3/c1-13-8-9-17-16(11-13)21(27)19-20(14-5-4-6-15(24)12-14)26(23(28)22(19)29-17)18-7-2-3-10-25-18/h2-12,20H,1H3. The molecule has 0 saturated carbocycles. The Morgan fingerprint density at radius 2 is 1.90 bits per heavy atom. The summed E-state index contributed by atoms with van der Waals surface area (Å²) in [5, 5.41) is 0.390. The highest BCUT2D eigenvalue weighted by Crippen LogP contribution is 2.40. The molecule has 5 rings (SSSR count). The van der Waals surface area contributed by atoms with Gasteiger partial charge in [0.05, 0.1) is 17.0 Å². The third-order valence-corrected chi connectivity index (χ3v) is 5.09. The lowest BCUT2D eigenvalue weighted by atomic mass is 9.98. The first kappa shape index (κ1) is 17.3. The Morgan fingerprint density at radius 1 is 1.03 bits per heavy atom. The van der Waals surface area contributed by atoms with Crippen molar-refractivity contribution in [2.24, 2.45) is 0 Å². The lowest BCUT2D eigenvalue weighted by Gasteiger charge is -2.24. The molecule has 29 heavy (non-hydrogen) atoms.